The van der Waals surface area contributed by atoms with Crippen LogP contribution < -0.4 is 0 Å². The molecule has 0 aromatic heterocycles. The average molecular weight is 300 g/mol. The smallest absolute Gasteiger partial charge is 0.157 e. The highest BCUT2D eigenvalue weighted by atomic mass is 16.3. The van der Waals surface area contributed by atoms with Gasteiger partial charge in [0.25, 0.3) is 0 Å². The van der Waals surface area contributed by atoms with Crippen LogP contribution in [0.5, 0.6) is 23.0 Å². The van der Waals surface area contributed by atoms with Gasteiger partial charge in [-0.2, -0.15) is 0 Å². The van der Waals surface area contributed by atoms with E-state index in [2.05, 4.69) is 0 Å². The summed E-state index contributed by atoms with van der Waals surface area (Å²) in [6.45, 7) is 0. The van der Waals surface area contributed by atoms with Gasteiger partial charge in [0.15, 0.2) is 23.0 Å². The van der Waals surface area contributed by atoms with Gasteiger partial charge in [0, 0.05) is 0 Å². The normalized spacial score (nSPS) is 21.6. The summed E-state index contributed by atoms with van der Waals surface area (Å²) in [6, 6.07) is 10.1. The zero-order chi connectivity index (χ0) is 15.7. The number of aromatic hydroxyl groups is 4. The van der Waals surface area contributed by atoms with E-state index >= 15 is 0 Å². The molecule has 0 saturated heterocycles. The molecule has 1 saturated carbocycles. The van der Waals surface area contributed by atoms with Crippen molar-refractivity contribution in [1.82, 2.24) is 0 Å². The molecule has 4 heteroatoms. The van der Waals surface area contributed by atoms with Gasteiger partial charge >= 0.3 is 0 Å². The topological polar surface area (TPSA) is 80.9 Å². The minimum absolute atomic E-state index is 0.0666. The molecule has 4 nitrogen and oxygen atoms in total. The van der Waals surface area contributed by atoms with E-state index in [1.807, 2.05) is 12.1 Å². The third kappa shape index (κ3) is 2.82. The minimum atomic E-state index is -0.0861. The lowest BCUT2D eigenvalue weighted by atomic mass is 9.76. The molecule has 0 bridgehead atoms. The monoisotopic (exact) mass is 300 g/mol. The first-order valence-electron chi connectivity index (χ1n) is 7.58. The van der Waals surface area contributed by atoms with Crippen LogP contribution >= 0.6 is 0 Å². The largest absolute Gasteiger partial charge is 0.504 e. The molecule has 1 aliphatic rings. The summed E-state index contributed by atoms with van der Waals surface area (Å²) in [5.41, 5.74) is 2.12. The lowest BCUT2D eigenvalue weighted by molar-refractivity contribution is 0.382. The molecular formula is C18H20O4. The minimum Gasteiger partial charge on any atom is -0.504 e. The summed E-state index contributed by atoms with van der Waals surface area (Å²) in [5, 5.41) is 38.0. The molecule has 3 rings (SSSR count). The number of benzene rings is 2. The van der Waals surface area contributed by atoms with Crippen LogP contribution in [0.15, 0.2) is 36.4 Å². The lowest BCUT2D eigenvalue weighted by Crippen LogP contribution is -2.12. The van der Waals surface area contributed by atoms with E-state index in [9.17, 15) is 20.4 Å². The SMILES string of the molecule is Oc1ccc(C2CCC(c3ccc(O)c(O)c3)CC2)cc1O. The van der Waals surface area contributed by atoms with Crippen molar-refractivity contribution in [2.45, 2.75) is 37.5 Å². The highest BCUT2D eigenvalue weighted by molar-refractivity contribution is 5.43. The van der Waals surface area contributed by atoms with Crippen LogP contribution in [0.2, 0.25) is 0 Å². The fourth-order valence-electron chi connectivity index (χ4n) is 3.35. The van der Waals surface area contributed by atoms with Crippen LogP contribution in [0.25, 0.3) is 0 Å². The Hall–Kier alpha value is -2.36. The molecule has 0 amide bonds. The van der Waals surface area contributed by atoms with Gasteiger partial charge in [-0.3, -0.25) is 0 Å². The predicted molar refractivity (Wildman–Crippen MR) is 83.5 cm³/mol. The Balaban J connectivity index is 1.69. The maximum atomic E-state index is 9.62. The zero-order valence-electron chi connectivity index (χ0n) is 12.2. The van der Waals surface area contributed by atoms with Gasteiger partial charge in [-0.05, 0) is 72.9 Å². The van der Waals surface area contributed by atoms with E-state index < -0.39 is 0 Å². The molecule has 2 aromatic rings. The Morgan fingerprint density at radius 1 is 0.545 bits per heavy atom. The molecular weight excluding hydrogens is 280 g/mol. The summed E-state index contributed by atoms with van der Waals surface area (Å²) in [4.78, 5) is 0. The van der Waals surface area contributed by atoms with Gasteiger partial charge in [-0.1, -0.05) is 12.1 Å². The molecule has 0 unspecified atom stereocenters. The molecule has 0 atom stereocenters. The lowest BCUT2D eigenvalue weighted by Gasteiger charge is -2.29. The van der Waals surface area contributed by atoms with Crippen molar-refractivity contribution in [3.05, 3.63) is 47.5 Å². The van der Waals surface area contributed by atoms with Gasteiger partial charge in [0.2, 0.25) is 0 Å². The van der Waals surface area contributed by atoms with Crippen LogP contribution in [0, 0.1) is 0 Å². The third-order valence-electron chi connectivity index (χ3n) is 4.67. The Labute approximate surface area is 129 Å². The second kappa shape index (κ2) is 5.79. The van der Waals surface area contributed by atoms with Crippen LogP contribution in [0.3, 0.4) is 0 Å². The van der Waals surface area contributed by atoms with Crippen molar-refractivity contribution in [2.24, 2.45) is 0 Å². The molecule has 1 fully saturated rings. The number of hydrogen-bond acceptors (Lipinski definition) is 4. The van der Waals surface area contributed by atoms with Crippen molar-refractivity contribution in [3.63, 3.8) is 0 Å². The van der Waals surface area contributed by atoms with Gasteiger partial charge in [0.05, 0.1) is 0 Å². The quantitative estimate of drug-likeness (QED) is 0.633. The summed E-state index contributed by atoms with van der Waals surface area (Å²) in [6.07, 6.45) is 3.99. The van der Waals surface area contributed by atoms with Crippen LogP contribution in [-0.2, 0) is 0 Å². The maximum Gasteiger partial charge on any atom is 0.157 e. The fourth-order valence-corrected chi connectivity index (χ4v) is 3.35. The standard InChI is InChI=1S/C18H20O4/c19-15-7-5-13(9-17(15)21)11-1-2-12(4-3-11)14-6-8-16(20)18(22)10-14/h5-12,19-22H,1-4H2. The molecule has 2 aromatic carbocycles. The Morgan fingerprint density at radius 3 is 1.23 bits per heavy atom. The Morgan fingerprint density at radius 2 is 0.909 bits per heavy atom. The third-order valence-corrected chi connectivity index (χ3v) is 4.67. The Kier molecular flexibility index (Phi) is 3.84. The van der Waals surface area contributed by atoms with Gasteiger partial charge < -0.3 is 20.4 Å². The number of hydrogen-bond donors (Lipinski definition) is 4. The fraction of sp³-hybridized carbons (Fsp3) is 0.333. The van der Waals surface area contributed by atoms with E-state index in [0.29, 0.717) is 11.8 Å². The van der Waals surface area contributed by atoms with Crippen LogP contribution in [-0.4, -0.2) is 20.4 Å². The maximum absolute atomic E-state index is 9.62. The summed E-state index contributed by atoms with van der Waals surface area (Å²) in [7, 11) is 0. The molecule has 22 heavy (non-hydrogen) atoms. The van der Waals surface area contributed by atoms with E-state index in [-0.39, 0.29) is 23.0 Å². The van der Waals surface area contributed by atoms with E-state index in [1.165, 1.54) is 12.1 Å². The highest BCUT2D eigenvalue weighted by Gasteiger charge is 2.24. The van der Waals surface area contributed by atoms with Gasteiger partial charge in [0.1, 0.15) is 0 Å². The van der Waals surface area contributed by atoms with Crippen LogP contribution in [0.1, 0.15) is 48.6 Å². The van der Waals surface area contributed by atoms with Crippen molar-refractivity contribution in [1.29, 1.82) is 0 Å². The molecule has 1 aliphatic carbocycles. The molecule has 0 heterocycles. The average Bonchev–Trinajstić information content (AvgIpc) is 2.53. The van der Waals surface area contributed by atoms with Crippen LogP contribution in [0.4, 0.5) is 0 Å². The van der Waals surface area contributed by atoms with E-state index in [4.69, 9.17) is 0 Å². The first-order chi connectivity index (χ1) is 10.5. The van der Waals surface area contributed by atoms with Gasteiger partial charge in [-0.15, -0.1) is 0 Å². The summed E-state index contributed by atoms with van der Waals surface area (Å²) < 4.78 is 0. The first kappa shape index (κ1) is 14.6. The van der Waals surface area contributed by atoms with E-state index in [0.717, 1.165) is 36.8 Å². The zero-order valence-corrected chi connectivity index (χ0v) is 12.2. The molecule has 0 aliphatic heterocycles. The van der Waals surface area contributed by atoms with Crippen molar-refractivity contribution in [2.75, 3.05) is 0 Å². The number of phenols is 4. The number of rotatable bonds is 2. The summed E-state index contributed by atoms with van der Waals surface area (Å²) >= 11 is 0. The van der Waals surface area contributed by atoms with Gasteiger partial charge in [-0.25, -0.2) is 0 Å². The van der Waals surface area contributed by atoms with Crippen molar-refractivity contribution >= 4 is 0 Å². The number of phenolic OH excluding ortho intramolecular Hbond substituents is 4. The predicted octanol–water partition coefficient (Wildman–Crippen LogP) is 3.95. The highest BCUT2D eigenvalue weighted by Crippen LogP contribution is 2.43. The molecule has 4 N–H and O–H groups in total. The second-order valence-corrected chi connectivity index (χ2v) is 6.04. The summed E-state index contributed by atoms with van der Waals surface area (Å²) in [5.74, 6) is 0.460. The first-order valence-corrected chi connectivity index (χ1v) is 7.58. The molecule has 0 radical (unpaired) electrons. The van der Waals surface area contributed by atoms with E-state index in [1.54, 1.807) is 12.1 Å². The molecule has 116 valence electrons. The molecule has 0 spiro atoms. The van der Waals surface area contributed by atoms with Crippen molar-refractivity contribution < 1.29 is 20.4 Å². The Bertz CT molecular complexity index is 613. The van der Waals surface area contributed by atoms with Crippen molar-refractivity contribution in [3.8, 4) is 23.0 Å². The second-order valence-electron chi connectivity index (χ2n) is 6.04.